The second-order valence-corrected chi connectivity index (χ2v) is 6.40. The molecule has 3 rings (SSSR count). The molecule has 0 aliphatic heterocycles. The highest BCUT2D eigenvalue weighted by Crippen LogP contribution is 2.35. The Morgan fingerprint density at radius 2 is 1.35 bits per heavy atom. The molecule has 0 atom stereocenters. The number of hydrogen-bond acceptors (Lipinski definition) is 3. The van der Waals surface area contributed by atoms with E-state index in [4.69, 9.17) is 34.7 Å². The summed E-state index contributed by atoms with van der Waals surface area (Å²) in [7, 11) is 0. The van der Waals surface area contributed by atoms with Crippen LogP contribution in [0.15, 0.2) is 48.5 Å². The zero-order valence-electron chi connectivity index (χ0n) is 13.2. The summed E-state index contributed by atoms with van der Waals surface area (Å²) in [5.74, 6) is -1.85. The maximum Gasteiger partial charge on any atom is 0.195 e. The number of hydrogen-bond donors (Lipinski definition) is 2. The van der Waals surface area contributed by atoms with Gasteiger partial charge in [0.2, 0.25) is 0 Å². The van der Waals surface area contributed by atoms with E-state index in [-0.39, 0.29) is 32.5 Å². The number of carbonyl (C=O) groups is 1. The molecule has 0 radical (unpaired) electrons. The number of nitrogens with two attached hydrogens (primary N) is 2. The fourth-order valence-corrected chi connectivity index (χ4v) is 2.94. The molecule has 0 unspecified atom stereocenters. The zero-order valence-corrected chi connectivity index (χ0v) is 14.7. The molecule has 0 saturated carbocycles. The normalized spacial score (nSPS) is 10.8. The zero-order chi connectivity index (χ0) is 19.0. The fraction of sp³-hybridized carbons (Fsp3) is 0. The van der Waals surface area contributed by atoms with Crippen molar-refractivity contribution in [3.8, 4) is 11.1 Å². The molecular formula is C19H12Cl2F2N2O. The number of rotatable bonds is 3. The molecule has 3 nitrogen and oxygen atoms in total. The lowest BCUT2D eigenvalue weighted by atomic mass is 9.92. The highest BCUT2D eigenvalue weighted by Gasteiger charge is 2.20. The molecule has 26 heavy (non-hydrogen) atoms. The molecule has 4 N–H and O–H groups in total. The van der Waals surface area contributed by atoms with Gasteiger partial charge >= 0.3 is 0 Å². The van der Waals surface area contributed by atoms with E-state index in [1.807, 2.05) is 0 Å². The van der Waals surface area contributed by atoms with Crippen LogP contribution in [0.5, 0.6) is 0 Å². The quantitative estimate of drug-likeness (QED) is 0.467. The summed E-state index contributed by atoms with van der Waals surface area (Å²) in [6, 6.07) is 11.2. The fourth-order valence-electron chi connectivity index (χ4n) is 2.62. The Hall–Kier alpha value is -2.63. The van der Waals surface area contributed by atoms with Crippen LogP contribution in [0.4, 0.5) is 20.2 Å². The summed E-state index contributed by atoms with van der Waals surface area (Å²) in [5, 5.41) is -0.342. The molecule has 0 bridgehead atoms. The third-order valence-electron chi connectivity index (χ3n) is 3.89. The van der Waals surface area contributed by atoms with Gasteiger partial charge in [-0.15, -0.1) is 0 Å². The van der Waals surface area contributed by atoms with Gasteiger partial charge in [0.1, 0.15) is 11.6 Å². The molecule has 0 aliphatic rings. The number of benzene rings is 3. The number of carbonyl (C=O) groups excluding carboxylic acids is 1. The van der Waals surface area contributed by atoms with Crippen molar-refractivity contribution in [1.82, 2.24) is 0 Å². The second-order valence-electron chi connectivity index (χ2n) is 5.58. The monoisotopic (exact) mass is 392 g/mol. The van der Waals surface area contributed by atoms with Crippen LogP contribution in [0.3, 0.4) is 0 Å². The molecule has 3 aromatic rings. The van der Waals surface area contributed by atoms with Crippen molar-refractivity contribution < 1.29 is 13.6 Å². The van der Waals surface area contributed by atoms with Crippen molar-refractivity contribution in [3.63, 3.8) is 0 Å². The summed E-state index contributed by atoms with van der Waals surface area (Å²) < 4.78 is 27.1. The number of anilines is 2. The van der Waals surface area contributed by atoms with Crippen LogP contribution in [0.1, 0.15) is 15.9 Å². The van der Waals surface area contributed by atoms with Crippen LogP contribution < -0.4 is 11.5 Å². The van der Waals surface area contributed by atoms with Gasteiger partial charge in [0.15, 0.2) is 5.78 Å². The molecule has 0 amide bonds. The van der Waals surface area contributed by atoms with E-state index in [1.54, 1.807) is 24.3 Å². The van der Waals surface area contributed by atoms with Crippen LogP contribution in [0.2, 0.25) is 10.0 Å². The van der Waals surface area contributed by atoms with Crippen molar-refractivity contribution in [2.45, 2.75) is 0 Å². The molecule has 0 fully saturated rings. The Kier molecular flexibility index (Phi) is 4.85. The van der Waals surface area contributed by atoms with Crippen molar-refractivity contribution >= 4 is 40.4 Å². The first-order chi connectivity index (χ1) is 12.3. The van der Waals surface area contributed by atoms with Crippen molar-refractivity contribution in [1.29, 1.82) is 0 Å². The van der Waals surface area contributed by atoms with E-state index in [9.17, 15) is 13.6 Å². The van der Waals surface area contributed by atoms with Crippen LogP contribution in [0.25, 0.3) is 11.1 Å². The van der Waals surface area contributed by atoms with Crippen LogP contribution in [0, 0.1) is 11.6 Å². The van der Waals surface area contributed by atoms with Crippen LogP contribution in [-0.4, -0.2) is 5.78 Å². The van der Waals surface area contributed by atoms with E-state index in [2.05, 4.69) is 0 Å². The van der Waals surface area contributed by atoms with E-state index >= 15 is 0 Å². The minimum atomic E-state index is -0.719. The van der Waals surface area contributed by atoms with Crippen LogP contribution in [-0.2, 0) is 0 Å². The Morgan fingerprint density at radius 3 is 2.04 bits per heavy atom. The summed E-state index contributed by atoms with van der Waals surface area (Å²) in [5.41, 5.74) is 12.9. The van der Waals surface area contributed by atoms with Gasteiger partial charge in [-0.2, -0.15) is 0 Å². The van der Waals surface area contributed by atoms with E-state index < -0.39 is 17.4 Å². The standard InChI is InChI=1S/C19H12Cl2F2N2O/c20-13-5-11(17(24)7-15(13)22)9-3-1-2-4-10(9)19(26)12-6-14(21)16(23)8-18(12)25/h1-8H,24-25H2. The first-order valence-electron chi connectivity index (χ1n) is 7.42. The topological polar surface area (TPSA) is 69.1 Å². The van der Waals surface area contributed by atoms with Gasteiger partial charge in [-0.1, -0.05) is 47.5 Å². The van der Waals surface area contributed by atoms with Gasteiger partial charge in [-0.25, -0.2) is 8.78 Å². The molecular weight excluding hydrogens is 381 g/mol. The van der Waals surface area contributed by atoms with Gasteiger partial charge in [0, 0.05) is 28.1 Å². The lowest BCUT2D eigenvalue weighted by molar-refractivity contribution is 0.104. The summed E-state index contributed by atoms with van der Waals surface area (Å²) in [6.45, 7) is 0. The first-order valence-corrected chi connectivity index (χ1v) is 8.18. The lowest BCUT2D eigenvalue weighted by Crippen LogP contribution is -2.08. The predicted octanol–water partition coefficient (Wildman–Crippen LogP) is 5.33. The SMILES string of the molecule is Nc1cc(F)c(Cl)cc1C(=O)c1ccccc1-c1cc(Cl)c(F)cc1N. The highest BCUT2D eigenvalue weighted by molar-refractivity contribution is 6.32. The molecule has 7 heteroatoms. The number of halogens is 4. The molecule has 0 aromatic heterocycles. The van der Waals surface area contributed by atoms with Gasteiger partial charge < -0.3 is 11.5 Å². The van der Waals surface area contributed by atoms with Crippen LogP contribution >= 0.6 is 23.2 Å². The number of ketones is 1. The van der Waals surface area contributed by atoms with Gasteiger partial charge in [0.25, 0.3) is 0 Å². The minimum absolute atomic E-state index is 0.0446. The third kappa shape index (κ3) is 3.23. The van der Waals surface area contributed by atoms with E-state index in [0.717, 1.165) is 12.1 Å². The summed E-state index contributed by atoms with van der Waals surface area (Å²) in [6.07, 6.45) is 0. The Labute approximate surface area is 158 Å². The van der Waals surface area contributed by atoms with Crippen molar-refractivity contribution in [3.05, 3.63) is 81.3 Å². The predicted molar refractivity (Wildman–Crippen MR) is 101 cm³/mol. The molecule has 3 aromatic carbocycles. The molecule has 0 heterocycles. The average Bonchev–Trinajstić information content (AvgIpc) is 2.61. The van der Waals surface area contributed by atoms with Gasteiger partial charge in [-0.3, -0.25) is 4.79 Å². The second kappa shape index (κ2) is 6.94. The Morgan fingerprint density at radius 1 is 0.769 bits per heavy atom. The highest BCUT2D eigenvalue weighted by atomic mass is 35.5. The molecule has 0 saturated heterocycles. The van der Waals surface area contributed by atoms with Crippen molar-refractivity contribution in [2.24, 2.45) is 0 Å². The van der Waals surface area contributed by atoms with Gasteiger partial charge in [0.05, 0.1) is 10.0 Å². The smallest absolute Gasteiger partial charge is 0.195 e. The average molecular weight is 393 g/mol. The maximum absolute atomic E-state index is 13.6. The minimum Gasteiger partial charge on any atom is -0.398 e. The Balaban J connectivity index is 2.19. The largest absolute Gasteiger partial charge is 0.398 e. The van der Waals surface area contributed by atoms with E-state index in [1.165, 1.54) is 12.1 Å². The summed E-state index contributed by atoms with van der Waals surface area (Å²) in [4.78, 5) is 13.0. The Bertz CT molecular complexity index is 1040. The van der Waals surface area contributed by atoms with Crippen molar-refractivity contribution in [2.75, 3.05) is 11.5 Å². The summed E-state index contributed by atoms with van der Waals surface area (Å²) >= 11 is 11.6. The first kappa shape index (κ1) is 18.2. The third-order valence-corrected chi connectivity index (χ3v) is 4.47. The maximum atomic E-state index is 13.6. The molecule has 0 aliphatic carbocycles. The van der Waals surface area contributed by atoms with Gasteiger partial charge in [-0.05, 0) is 29.8 Å². The lowest BCUT2D eigenvalue weighted by Gasteiger charge is -2.13. The molecule has 132 valence electrons. The number of nitrogen functional groups attached to an aromatic ring is 2. The van der Waals surface area contributed by atoms with E-state index in [0.29, 0.717) is 11.1 Å². The molecule has 0 spiro atoms.